The van der Waals surface area contributed by atoms with E-state index in [0.717, 1.165) is 32.1 Å². The Balaban J connectivity index is 1.94. The van der Waals surface area contributed by atoms with Crippen molar-refractivity contribution < 1.29 is 32.2 Å². The fourth-order valence-electron chi connectivity index (χ4n) is 2.82. The number of carbonyl (C=O) groups excluding carboxylic acids is 2. The largest absolute Gasteiger partial charge is 0.462 e. The van der Waals surface area contributed by atoms with Gasteiger partial charge in [-0.05, 0) is 30.7 Å². The number of alkyl halides is 3. The van der Waals surface area contributed by atoms with Gasteiger partial charge in [-0.15, -0.1) is 0 Å². The van der Waals surface area contributed by atoms with E-state index in [1.165, 1.54) is 48.5 Å². The van der Waals surface area contributed by atoms with Crippen molar-refractivity contribution in [3.63, 3.8) is 0 Å². The average molecular weight is 422 g/mol. The predicted octanol–water partition coefficient (Wildman–Crippen LogP) is 6.27. The van der Waals surface area contributed by atoms with Crippen LogP contribution in [-0.4, -0.2) is 24.7 Å². The molecule has 2 aromatic carbocycles. The van der Waals surface area contributed by atoms with Gasteiger partial charge in [-0.25, -0.2) is 9.59 Å². The third kappa shape index (κ3) is 7.21. The maximum Gasteiger partial charge on any atom is 0.429 e. The first-order chi connectivity index (χ1) is 14.3. The Kier molecular flexibility index (Phi) is 8.89. The van der Waals surface area contributed by atoms with Gasteiger partial charge in [0.05, 0.1) is 17.7 Å². The SMILES string of the molecule is CCCCCCCOC(=O)c1ccc(C(=O)OC(c2ccccc2)C(F)(F)F)cc1. The summed E-state index contributed by atoms with van der Waals surface area (Å²) in [4.78, 5) is 24.2. The number of carbonyl (C=O) groups is 2. The van der Waals surface area contributed by atoms with Gasteiger partial charge in [0.15, 0.2) is 0 Å². The number of unbranched alkanes of at least 4 members (excludes halogenated alkanes) is 4. The average Bonchev–Trinajstić information content (AvgIpc) is 2.74. The van der Waals surface area contributed by atoms with Crippen LogP contribution in [0.1, 0.15) is 71.4 Å². The molecule has 1 unspecified atom stereocenters. The molecule has 2 aromatic rings. The molecule has 0 saturated carbocycles. The van der Waals surface area contributed by atoms with Gasteiger partial charge >= 0.3 is 18.1 Å². The third-order valence-electron chi connectivity index (χ3n) is 4.46. The van der Waals surface area contributed by atoms with Crippen molar-refractivity contribution in [2.45, 2.75) is 51.3 Å². The van der Waals surface area contributed by atoms with E-state index in [4.69, 9.17) is 9.47 Å². The minimum absolute atomic E-state index is 0.0868. The fourth-order valence-corrected chi connectivity index (χ4v) is 2.82. The number of halogens is 3. The smallest absolute Gasteiger partial charge is 0.429 e. The molecule has 0 N–H and O–H groups in total. The third-order valence-corrected chi connectivity index (χ3v) is 4.46. The molecule has 30 heavy (non-hydrogen) atoms. The molecule has 0 fully saturated rings. The topological polar surface area (TPSA) is 52.6 Å². The van der Waals surface area contributed by atoms with Gasteiger partial charge in [-0.2, -0.15) is 13.2 Å². The van der Waals surface area contributed by atoms with E-state index in [2.05, 4.69) is 6.92 Å². The summed E-state index contributed by atoms with van der Waals surface area (Å²) in [6.07, 6.45) is -2.01. The second-order valence-electron chi connectivity index (χ2n) is 6.87. The van der Waals surface area contributed by atoms with Crippen molar-refractivity contribution >= 4 is 11.9 Å². The van der Waals surface area contributed by atoms with Crippen molar-refractivity contribution in [2.24, 2.45) is 0 Å². The molecule has 0 amide bonds. The zero-order valence-electron chi connectivity index (χ0n) is 16.8. The van der Waals surface area contributed by atoms with Crippen LogP contribution in [0.25, 0.3) is 0 Å². The summed E-state index contributed by atoms with van der Waals surface area (Å²) in [7, 11) is 0. The van der Waals surface area contributed by atoms with Crippen LogP contribution in [0.2, 0.25) is 0 Å². The van der Waals surface area contributed by atoms with E-state index in [1.54, 1.807) is 6.07 Å². The molecule has 0 heterocycles. The summed E-state index contributed by atoms with van der Waals surface area (Å²) in [6, 6.07) is 12.1. The maximum absolute atomic E-state index is 13.3. The number of rotatable bonds is 10. The molecular weight excluding hydrogens is 397 g/mol. The van der Waals surface area contributed by atoms with Crippen LogP contribution in [-0.2, 0) is 9.47 Å². The molecule has 0 aliphatic heterocycles. The highest BCUT2D eigenvalue weighted by Gasteiger charge is 2.44. The van der Waals surface area contributed by atoms with E-state index in [1.807, 2.05) is 0 Å². The molecule has 0 bridgehead atoms. The minimum Gasteiger partial charge on any atom is -0.462 e. The lowest BCUT2D eigenvalue weighted by Crippen LogP contribution is -2.26. The van der Waals surface area contributed by atoms with Gasteiger partial charge in [-0.3, -0.25) is 0 Å². The number of hydrogen-bond donors (Lipinski definition) is 0. The van der Waals surface area contributed by atoms with E-state index < -0.39 is 24.2 Å². The summed E-state index contributed by atoms with van der Waals surface area (Å²) >= 11 is 0. The summed E-state index contributed by atoms with van der Waals surface area (Å²) in [6.45, 7) is 2.42. The van der Waals surface area contributed by atoms with E-state index in [-0.39, 0.29) is 16.7 Å². The molecule has 1 atom stereocenters. The molecule has 0 saturated heterocycles. The second-order valence-corrected chi connectivity index (χ2v) is 6.87. The highest BCUT2D eigenvalue weighted by molar-refractivity contribution is 5.93. The van der Waals surface area contributed by atoms with Gasteiger partial charge < -0.3 is 9.47 Å². The summed E-state index contributed by atoms with van der Waals surface area (Å²) in [5.41, 5.74) is -0.0377. The van der Waals surface area contributed by atoms with E-state index >= 15 is 0 Å². The Morgan fingerprint density at radius 3 is 1.97 bits per heavy atom. The first-order valence-electron chi connectivity index (χ1n) is 9.92. The highest BCUT2D eigenvalue weighted by Crippen LogP contribution is 2.36. The van der Waals surface area contributed by atoms with Crippen molar-refractivity contribution in [3.05, 3.63) is 71.3 Å². The van der Waals surface area contributed by atoms with Crippen molar-refractivity contribution in [3.8, 4) is 0 Å². The Morgan fingerprint density at radius 2 is 1.40 bits per heavy atom. The van der Waals surface area contributed by atoms with Gasteiger partial charge in [0, 0.05) is 5.56 Å². The standard InChI is InChI=1S/C23H25F3O4/c1-2-3-4-5-9-16-29-21(27)18-12-14-19(15-13-18)22(28)30-20(23(24,25)26)17-10-7-6-8-11-17/h6-8,10-15,20H,2-5,9,16H2,1H3. The maximum atomic E-state index is 13.3. The van der Waals surface area contributed by atoms with E-state index in [0.29, 0.717) is 6.61 Å². The first kappa shape index (κ1) is 23.4. The molecule has 162 valence electrons. The predicted molar refractivity (Wildman–Crippen MR) is 106 cm³/mol. The minimum atomic E-state index is -4.75. The first-order valence-corrected chi connectivity index (χ1v) is 9.92. The highest BCUT2D eigenvalue weighted by atomic mass is 19.4. The Morgan fingerprint density at radius 1 is 0.833 bits per heavy atom. The lowest BCUT2D eigenvalue weighted by atomic mass is 10.1. The number of benzene rings is 2. The molecule has 2 rings (SSSR count). The molecule has 0 spiro atoms. The Bertz CT molecular complexity index is 801. The molecule has 0 aliphatic rings. The molecule has 4 nitrogen and oxygen atoms in total. The zero-order valence-corrected chi connectivity index (χ0v) is 16.8. The molecule has 0 aliphatic carbocycles. The van der Waals surface area contributed by atoms with Gasteiger partial charge in [0.1, 0.15) is 0 Å². The number of esters is 2. The molecule has 0 radical (unpaired) electrons. The number of ether oxygens (including phenoxy) is 2. The van der Waals surface area contributed by atoms with Crippen LogP contribution < -0.4 is 0 Å². The Hall–Kier alpha value is -2.83. The van der Waals surface area contributed by atoms with Crippen LogP contribution in [0.5, 0.6) is 0 Å². The normalized spacial score (nSPS) is 12.3. The summed E-state index contributed by atoms with van der Waals surface area (Å²) in [5.74, 6) is -1.67. The zero-order chi connectivity index (χ0) is 22.0. The van der Waals surface area contributed by atoms with Crippen LogP contribution in [0.4, 0.5) is 13.2 Å². The Labute approximate surface area is 174 Å². The summed E-state index contributed by atoms with van der Waals surface area (Å²) < 4.78 is 49.9. The monoisotopic (exact) mass is 422 g/mol. The van der Waals surface area contributed by atoms with Gasteiger partial charge in [0.2, 0.25) is 6.10 Å². The van der Waals surface area contributed by atoms with Crippen LogP contribution in [0.3, 0.4) is 0 Å². The fraction of sp³-hybridized carbons (Fsp3) is 0.391. The lowest BCUT2D eigenvalue weighted by molar-refractivity contribution is -0.207. The van der Waals surface area contributed by atoms with E-state index in [9.17, 15) is 22.8 Å². The lowest BCUT2D eigenvalue weighted by Gasteiger charge is -2.21. The van der Waals surface area contributed by atoms with Gasteiger partial charge in [-0.1, -0.05) is 62.9 Å². The van der Waals surface area contributed by atoms with Crippen LogP contribution in [0.15, 0.2) is 54.6 Å². The molecule has 7 heteroatoms. The van der Waals surface area contributed by atoms with Gasteiger partial charge in [0.25, 0.3) is 0 Å². The van der Waals surface area contributed by atoms with Crippen molar-refractivity contribution in [1.82, 2.24) is 0 Å². The summed E-state index contributed by atoms with van der Waals surface area (Å²) in [5, 5.41) is 0. The molecular formula is C23H25F3O4. The van der Waals surface area contributed by atoms with Crippen molar-refractivity contribution in [1.29, 1.82) is 0 Å². The number of hydrogen-bond acceptors (Lipinski definition) is 4. The van der Waals surface area contributed by atoms with Crippen molar-refractivity contribution in [2.75, 3.05) is 6.61 Å². The van der Waals surface area contributed by atoms with Crippen LogP contribution >= 0.6 is 0 Å². The molecule has 0 aromatic heterocycles. The van der Waals surface area contributed by atoms with Crippen LogP contribution in [0, 0.1) is 0 Å². The quantitative estimate of drug-likeness (QED) is 0.334. The second kappa shape index (κ2) is 11.4.